The predicted molar refractivity (Wildman–Crippen MR) is 53.8 cm³/mol. The molecule has 1 aliphatic rings. The maximum Gasteiger partial charge on any atom is 0.286 e. The molecule has 13 heavy (non-hydrogen) atoms. The van der Waals surface area contributed by atoms with Crippen LogP contribution in [0.15, 0.2) is 0 Å². The Hall–Kier alpha value is -0.595. The molecule has 0 amide bonds. The van der Waals surface area contributed by atoms with E-state index < -0.39 is 0 Å². The molecule has 0 bridgehead atoms. The monoisotopic (exact) mass is 180 g/mol. The zero-order valence-electron chi connectivity index (χ0n) is 8.83. The van der Waals surface area contributed by atoms with Crippen LogP contribution in [0.25, 0.3) is 0 Å². The van der Waals surface area contributed by atoms with Gasteiger partial charge in [0.2, 0.25) is 0 Å². The molecule has 1 fully saturated rings. The van der Waals surface area contributed by atoms with Crippen molar-refractivity contribution >= 4 is 18.6 Å². The molecule has 1 saturated heterocycles. The van der Waals surface area contributed by atoms with Gasteiger partial charge in [0.1, 0.15) is 11.4 Å². The summed E-state index contributed by atoms with van der Waals surface area (Å²) in [6, 6.07) is 0. The number of carbonyl (C=O) groups is 2. The second-order valence-electron chi connectivity index (χ2n) is 4.65. The fourth-order valence-corrected chi connectivity index (χ4v) is 2.38. The van der Waals surface area contributed by atoms with Gasteiger partial charge in [-0.1, -0.05) is 27.7 Å². The van der Waals surface area contributed by atoms with Crippen molar-refractivity contribution in [3.05, 3.63) is 0 Å². The fourth-order valence-electron chi connectivity index (χ4n) is 2.38. The Labute approximate surface area is 80.3 Å². The third-order valence-corrected chi connectivity index (χ3v) is 2.92. The maximum absolute atomic E-state index is 11.5. The summed E-state index contributed by atoms with van der Waals surface area (Å²) in [5, 5.41) is 0. The van der Waals surface area contributed by atoms with E-state index in [9.17, 15) is 9.59 Å². The van der Waals surface area contributed by atoms with E-state index in [1.165, 1.54) is 0 Å². The van der Waals surface area contributed by atoms with E-state index in [0.717, 1.165) is 0 Å². The molecular weight excluding hydrogens is 163 g/mol. The lowest BCUT2D eigenvalue weighted by atomic mass is 9.72. The van der Waals surface area contributed by atoms with Crippen LogP contribution in [0.1, 0.15) is 27.7 Å². The molecule has 1 rings (SSSR count). The van der Waals surface area contributed by atoms with Gasteiger partial charge in [0.15, 0.2) is 0 Å². The van der Waals surface area contributed by atoms with Crippen LogP contribution in [-0.2, 0) is 9.59 Å². The smallest absolute Gasteiger partial charge is 0.286 e. The summed E-state index contributed by atoms with van der Waals surface area (Å²) in [6.45, 7) is 8.10. The molecule has 72 valence electrons. The first-order chi connectivity index (χ1) is 5.95. The minimum Gasteiger partial charge on any atom is -0.311 e. The van der Waals surface area contributed by atoms with Crippen LogP contribution in [0.5, 0.6) is 0 Å². The summed E-state index contributed by atoms with van der Waals surface area (Å²) < 4.78 is 0. The Kier molecular flexibility index (Phi) is 2.94. The molecule has 0 radical (unpaired) electrons. The summed E-state index contributed by atoms with van der Waals surface area (Å²) in [5.41, 5.74) is 0.303. The largest absolute Gasteiger partial charge is 0.311 e. The SMILES string of the molecule is CC(C)C1C(=O)BC(=O)[C@@H]1C(C)C. The standard InChI is InChI=1S/C10H17BO2/c1-5(2)7-8(6(3)4)10(13)11-9(7)12/h5-8,11H,1-4H3/t7-,8?/m1/s1. The summed E-state index contributed by atoms with van der Waals surface area (Å²) >= 11 is 0. The van der Waals surface area contributed by atoms with E-state index in [0.29, 0.717) is 11.8 Å². The lowest BCUT2D eigenvalue weighted by Gasteiger charge is -2.24. The van der Waals surface area contributed by atoms with Gasteiger partial charge in [-0.25, -0.2) is 0 Å². The maximum atomic E-state index is 11.5. The Morgan fingerprint density at radius 1 is 0.923 bits per heavy atom. The topological polar surface area (TPSA) is 34.1 Å². The molecule has 2 atom stereocenters. The van der Waals surface area contributed by atoms with Gasteiger partial charge in [-0.3, -0.25) is 0 Å². The van der Waals surface area contributed by atoms with Gasteiger partial charge in [0.05, 0.1) is 0 Å². The van der Waals surface area contributed by atoms with Crippen LogP contribution in [0.4, 0.5) is 0 Å². The Morgan fingerprint density at radius 2 is 1.23 bits per heavy atom. The Bertz CT molecular complexity index is 209. The number of hydrogen-bond acceptors (Lipinski definition) is 2. The van der Waals surface area contributed by atoms with Crippen molar-refractivity contribution in [2.45, 2.75) is 27.7 Å². The molecule has 1 unspecified atom stereocenters. The van der Waals surface area contributed by atoms with Crippen molar-refractivity contribution in [1.82, 2.24) is 0 Å². The molecule has 1 aliphatic heterocycles. The van der Waals surface area contributed by atoms with Gasteiger partial charge in [-0.05, 0) is 11.8 Å². The second kappa shape index (κ2) is 3.65. The molecule has 1 heterocycles. The van der Waals surface area contributed by atoms with Crippen molar-refractivity contribution in [2.24, 2.45) is 23.7 Å². The second-order valence-corrected chi connectivity index (χ2v) is 4.65. The van der Waals surface area contributed by atoms with Crippen molar-refractivity contribution in [1.29, 1.82) is 0 Å². The van der Waals surface area contributed by atoms with Crippen LogP contribution < -0.4 is 0 Å². The molecule has 0 aromatic carbocycles. The van der Waals surface area contributed by atoms with E-state index in [4.69, 9.17) is 0 Å². The van der Waals surface area contributed by atoms with Crippen LogP contribution in [0.2, 0.25) is 0 Å². The Balaban J connectivity index is 2.90. The number of rotatable bonds is 2. The first kappa shape index (κ1) is 10.5. The molecule has 0 saturated carbocycles. The lowest BCUT2D eigenvalue weighted by Crippen LogP contribution is -2.27. The van der Waals surface area contributed by atoms with Crippen LogP contribution >= 0.6 is 0 Å². The Morgan fingerprint density at radius 3 is 1.46 bits per heavy atom. The van der Waals surface area contributed by atoms with Gasteiger partial charge in [-0.15, -0.1) is 0 Å². The van der Waals surface area contributed by atoms with Crippen molar-refractivity contribution in [3.63, 3.8) is 0 Å². The minimum absolute atomic E-state index is 0.0208. The first-order valence-corrected chi connectivity index (χ1v) is 5.00. The first-order valence-electron chi connectivity index (χ1n) is 5.00. The van der Waals surface area contributed by atoms with Gasteiger partial charge in [0, 0.05) is 11.8 Å². The number of hydrogen-bond donors (Lipinski definition) is 0. The highest BCUT2D eigenvalue weighted by molar-refractivity contribution is 7.00. The van der Waals surface area contributed by atoms with E-state index in [1.807, 2.05) is 27.7 Å². The highest BCUT2D eigenvalue weighted by Crippen LogP contribution is 2.33. The fraction of sp³-hybridized carbons (Fsp3) is 0.800. The third kappa shape index (κ3) is 1.84. The van der Waals surface area contributed by atoms with Crippen LogP contribution in [0, 0.1) is 23.7 Å². The molecule has 0 aromatic heterocycles. The lowest BCUT2D eigenvalue weighted by molar-refractivity contribution is -0.122. The van der Waals surface area contributed by atoms with Gasteiger partial charge >= 0.3 is 0 Å². The molecular formula is C10H17BO2. The van der Waals surface area contributed by atoms with Crippen LogP contribution in [-0.4, -0.2) is 18.6 Å². The number of carbonyl (C=O) groups excluding carboxylic acids is 2. The van der Waals surface area contributed by atoms with Crippen molar-refractivity contribution in [2.75, 3.05) is 0 Å². The summed E-state index contributed by atoms with van der Waals surface area (Å²) in [6.07, 6.45) is 0. The van der Waals surface area contributed by atoms with Gasteiger partial charge < -0.3 is 9.59 Å². The summed E-state index contributed by atoms with van der Waals surface area (Å²) in [4.78, 5) is 23.0. The van der Waals surface area contributed by atoms with Crippen molar-refractivity contribution in [3.8, 4) is 0 Å². The molecule has 0 aromatic rings. The zero-order valence-corrected chi connectivity index (χ0v) is 8.83. The highest BCUT2D eigenvalue weighted by atomic mass is 16.1. The third-order valence-electron chi connectivity index (χ3n) is 2.92. The molecule has 2 nitrogen and oxygen atoms in total. The molecule has 0 spiro atoms. The average molecular weight is 180 g/mol. The van der Waals surface area contributed by atoms with Crippen molar-refractivity contribution < 1.29 is 9.59 Å². The summed E-state index contributed by atoms with van der Waals surface area (Å²) in [5.74, 6) is 0.553. The molecule has 3 heteroatoms. The van der Waals surface area contributed by atoms with Gasteiger partial charge in [0.25, 0.3) is 7.28 Å². The van der Waals surface area contributed by atoms with E-state index in [-0.39, 0.29) is 30.5 Å². The van der Waals surface area contributed by atoms with E-state index in [1.54, 1.807) is 0 Å². The van der Waals surface area contributed by atoms with E-state index in [2.05, 4.69) is 0 Å². The highest BCUT2D eigenvalue weighted by Gasteiger charge is 2.44. The van der Waals surface area contributed by atoms with Crippen LogP contribution in [0.3, 0.4) is 0 Å². The predicted octanol–water partition coefficient (Wildman–Crippen LogP) is 1.03. The normalized spacial score (nSPS) is 28.8. The van der Waals surface area contributed by atoms with E-state index >= 15 is 0 Å². The molecule has 0 N–H and O–H groups in total. The summed E-state index contributed by atoms with van der Waals surface area (Å²) in [7, 11) is 0.172. The average Bonchev–Trinajstić information content (AvgIpc) is 2.24. The molecule has 0 aliphatic carbocycles. The quantitative estimate of drug-likeness (QED) is 0.595. The van der Waals surface area contributed by atoms with Gasteiger partial charge in [-0.2, -0.15) is 0 Å². The zero-order chi connectivity index (χ0) is 10.2. The minimum atomic E-state index is -0.0208.